The molecule has 38 heavy (non-hydrogen) atoms. The summed E-state index contributed by atoms with van der Waals surface area (Å²) < 4.78 is 51.5. The maximum absolute atomic E-state index is 13.2. The molecule has 0 atom stereocenters. The van der Waals surface area contributed by atoms with Gasteiger partial charge in [-0.25, -0.2) is 13.2 Å². The van der Waals surface area contributed by atoms with Crippen molar-refractivity contribution in [2.24, 2.45) is 0 Å². The number of sulfonamides is 1. The second-order valence-corrected chi connectivity index (χ2v) is 10.8. The molecule has 202 valence electrons. The summed E-state index contributed by atoms with van der Waals surface area (Å²) in [5, 5.41) is 0. The third-order valence-electron chi connectivity index (χ3n) is 6.50. The molecule has 0 unspecified atom stereocenters. The van der Waals surface area contributed by atoms with E-state index in [9.17, 15) is 13.2 Å². The maximum atomic E-state index is 13.2. The quantitative estimate of drug-likeness (QED) is 0.341. The molecule has 9 heteroatoms. The number of hydrogen-bond donors (Lipinski definition) is 1. The van der Waals surface area contributed by atoms with Crippen molar-refractivity contribution in [3.63, 3.8) is 0 Å². The van der Waals surface area contributed by atoms with Gasteiger partial charge in [-0.1, -0.05) is 54.6 Å². The van der Waals surface area contributed by atoms with Crippen LogP contribution in [0.15, 0.2) is 72.8 Å². The van der Waals surface area contributed by atoms with Gasteiger partial charge in [0.25, 0.3) is 0 Å². The lowest BCUT2D eigenvalue weighted by atomic mass is 9.85. The van der Waals surface area contributed by atoms with Crippen LogP contribution < -0.4 is 9.46 Å². The molecule has 0 aliphatic carbocycles. The Morgan fingerprint density at radius 1 is 0.974 bits per heavy atom. The van der Waals surface area contributed by atoms with E-state index >= 15 is 0 Å². The molecule has 0 spiro atoms. The van der Waals surface area contributed by atoms with Crippen molar-refractivity contribution in [1.82, 2.24) is 0 Å². The smallest absolute Gasteiger partial charge is 0.338 e. The molecule has 1 aliphatic heterocycles. The average Bonchev–Trinajstić information content (AvgIpc) is 2.93. The van der Waals surface area contributed by atoms with Gasteiger partial charge in [-0.3, -0.25) is 4.72 Å². The molecule has 0 saturated carbocycles. The van der Waals surface area contributed by atoms with E-state index in [1.807, 2.05) is 48.5 Å². The van der Waals surface area contributed by atoms with Gasteiger partial charge in [0.1, 0.15) is 12.4 Å². The molecule has 0 radical (unpaired) electrons. The minimum absolute atomic E-state index is 0.201. The Morgan fingerprint density at radius 3 is 2.42 bits per heavy atom. The van der Waals surface area contributed by atoms with Crippen LogP contribution in [0.2, 0.25) is 0 Å². The second-order valence-electron chi connectivity index (χ2n) is 9.08. The number of esters is 1. The number of hydrogen-bond acceptors (Lipinski definition) is 7. The summed E-state index contributed by atoms with van der Waals surface area (Å²) in [7, 11) is -2.15. The summed E-state index contributed by atoms with van der Waals surface area (Å²) in [6.45, 7) is 3.33. The molecule has 1 N–H and O–H groups in total. The third-order valence-corrected chi connectivity index (χ3v) is 7.74. The van der Waals surface area contributed by atoms with Crippen LogP contribution in [-0.2, 0) is 42.2 Å². The first-order chi connectivity index (χ1) is 18.3. The summed E-state index contributed by atoms with van der Waals surface area (Å²) in [6.07, 6.45) is 1.40. The Hall–Kier alpha value is -3.40. The normalized spacial score (nSPS) is 15.0. The Labute approximate surface area is 223 Å². The van der Waals surface area contributed by atoms with E-state index in [0.717, 1.165) is 11.1 Å². The number of ether oxygens (including phenoxy) is 4. The molecule has 1 fully saturated rings. The van der Waals surface area contributed by atoms with Crippen LogP contribution in [0.4, 0.5) is 5.69 Å². The summed E-state index contributed by atoms with van der Waals surface area (Å²) in [5.74, 6) is -0.518. The van der Waals surface area contributed by atoms with Gasteiger partial charge in [0.15, 0.2) is 0 Å². The highest BCUT2D eigenvalue weighted by molar-refractivity contribution is 7.91. The summed E-state index contributed by atoms with van der Waals surface area (Å²) in [6, 6.07) is 21.5. The van der Waals surface area contributed by atoms with Gasteiger partial charge < -0.3 is 18.9 Å². The molecule has 3 aromatic carbocycles. The van der Waals surface area contributed by atoms with Crippen LogP contribution in [0.25, 0.3) is 0 Å². The third kappa shape index (κ3) is 6.92. The molecule has 3 aromatic rings. The Kier molecular flexibility index (Phi) is 9.04. The van der Waals surface area contributed by atoms with Gasteiger partial charge in [0, 0.05) is 33.2 Å². The molecular weight excluding hydrogens is 506 g/mol. The fourth-order valence-electron chi connectivity index (χ4n) is 4.48. The van der Waals surface area contributed by atoms with E-state index in [0.29, 0.717) is 31.6 Å². The molecule has 4 rings (SSSR count). The largest absolute Gasteiger partial charge is 0.487 e. The van der Waals surface area contributed by atoms with Crippen LogP contribution >= 0.6 is 0 Å². The number of anilines is 1. The first kappa shape index (κ1) is 27.6. The molecule has 1 saturated heterocycles. The number of carbonyl (C=O) groups excluding carboxylic acids is 1. The molecule has 8 nitrogen and oxygen atoms in total. The van der Waals surface area contributed by atoms with E-state index in [1.54, 1.807) is 20.1 Å². The summed E-state index contributed by atoms with van der Waals surface area (Å²) in [4.78, 5) is 12.3. The Balaban J connectivity index is 1.56. The van der Waals surface area contributed by atoms with Crippen LogP contribution in [-0.4, -0.2) is 41.3 Å². The first-order valence-electron chi connectivity index (χ1n) is 12.5. The molecule has 0 amide bonds. The highest BCUT2D eigenvalue weighted by Crippen LogP contribution is 2.36. The molecule has 0 bridgehead atoms. The lowest BCUT2D eigenvalue weighted by Crippen LogP contribution is -2.35. The van der Waals surface area contributed by atoms with Gasteiger partial charge in [0.2, 0.25) is 10.0 Å². The van der Waals surface area contributed by atoms with Crippen molar-refractivity contribution in [3.8, 4) is 5.75 Å². The zero-order valence-electron chi connectivity index (χ0n) is 21.6. The predicted octanol–water partition coefficient (Wildman–Crippen LogP) is 5.04. The monoisotopic (exact) mass is 539 g/mol. The second kappa shape index (κ2) is 12.4. The molecule has 1 aliphatic rings. The minimum atomic E-state index is -3.82. The van der Waals surface area contributed by atoms with Crippen molar-refractivity contribution < 1.29 is 32.2 Å². The van der Waals surface area contributed by atoms with Crippen molar-refractivity contribution in [1.29, 1.82) is 0 Å². The number of benzene rings is 3. The van der Waals surface area contributed by atoms with Crippen molar-refractivity contribution >= 4 is 21.7 Å². The molecule has 0 aromatic heterocycles. The topological polar surface area (TPSA) is 100 Å². The lowest BCUT2D eigenvalue weighted by molar-refractivity contribution is -0.0948. The number of rotatable bonds is 11. The van der Waals surface area contributed by atoms with Crippen molar-refractivity contribution in [2.45, 2.75) is 37.7 Å². The van der Waals surface area contributed by atoms with E-state index in [2.05, 4.69) is 4.72 Å². The standard InChI is InChI=1S/C29H33NO7S/c1-3-36-28(31)24-12-13-26(27(19-24)37-20-22-8-5-4-6-9-22)30-38(32,33)21-23-10-7-11-25(18-23)29(34-2)14-16-35-17-15-29/h4-13,18-19,30H,3,14-17,20-21H2,1-2H3. The predicted molar refractivity (Wildman–Crippen MR) is 145 cm³/mol. The van der Waals surface area contributed by atoms with Crippen molar-refractivity contribution in [2.75, 3.05) is 31.7 Å². The summed E-state index contributed by atoms with van der Waals surface area (Å²) in [5.41, 5.74) is 2.48. The number of methoxy groups -OCH3 is 1. The first-order valence-corrected chi connectivity index (χ1v) is 14.2. The zero-order chi connectivity index (χ0) is 27.0. The van der Waals surface area contributed by atoms with Crippen LogP contribution in [0.5, 0.6) is 5.75 Å². The number of carbonyl (C=O) groups is 1. The molecule has 1 heterocycles. The summed E-state index contributed by atoms with van der Waals surface area (Å²) >= 11 is 0. The lowest BCUT2D eigenvalue weighted by Gasteiger charge is -2.36. The average molecular weight is 540 g/mol. The highest BCUT2D eigenvalue weighted by Gasteiger charge is 2.34. The van der Waals surface area contributed by atoms with Gasteiger partial charge >= 0.3 is 5.97 Å². The Morgan fingerprint density at radius 2 is 1.71 bits per heavy atom. The van der Waals surface area contributed by atoms with E-state index < -0.39 is 21.6 Å². The number of nitrogens with one attached hydrogen (secondary N) is 1. The van der Waals surface area contributed by atoms with Crippen LogP contribution in [0, 0.1) is 0 Å². The van der Waals surface area contributed by atoms with Gasteiger partial charge in [-0.05, 0) is 41.8 Å². The fraction of sp³-hybridized carbons (Fsp3) is 0.345. The van der Waals surface area contributed by atoms with Gasteiger partial charge in [-0.15, -0.1) is 0 Å². The van der Waals surface area contributed by atoms with Gasteiger partial charge in [0.05, 0.1) is 29.2 Å². The van der Waals surface area contributed by atoms with E-state index in [4.69, 9.17) is 18.9 Å². The van der Waals surface area contributed by atoms with Crippen LogP contribution in [0.3, 0.4) is 0 Å². The van der Waals surface area contributed by atoms with E-state index in [-0.39, 0.29) is 36.0 Å². The van der Waals surface area contributed by atoms with Gasteiger partial charge in [-0.2, -0.15) is 0 Å². The zero-order valence-corrected chi connectivity index (χ0v) is 22.5. The minimum Gasteiger partial charge on any atom is -0.487 e. The SMILES string of the molecule is CCOC(=O)c1ccc(NS(=O)(=O)Cc2cccc(C3(OC)CCOCC3)c2)c(OCc2ccccc2)c1. The maximum Gasteiger partial charge on any atom is 0.338 e. The van der Waals surface area contributed by atoms with E-state index in [1.165, 1.54) is 18.2 Å². The van der Waals surface area contributed by atoms with Crippen LogP contribution in [0.1, 0.15) is 46.8 Å². The van der Waals surface area contributed by atoms with Crippen molar-refractivity contribution in [3.05, 3.63) is 95.1 Å². The highest BCUT2D eigenvalue weighted by atomic mass is 32.2. The molecular formula is C29H33NO7S. The Bertz CT molecular complexity index is 1340. The fourth-order valence-corrected chi connectivity index (χ4v) is 5.68.